The van der Waals surface area contributed by atoms with Gasteiger partial charge in [0.25, 0.3) is 5.69 Å². The molecule has 0 aliphatic carbocycles. The van der Waals surface area contributed by atoms with Crippen molar-refractivity contribution in [1.82, 2.24) is 0 Å². The first kappa shape index (κ1) is 16.0. The van der Waals surface area contributed by atoms with Crippen LogP contribution in [-0.2, 0) is 4.74 Å². The molecule has 0 heterocycles. The molecule has 0 bridgehead atoms. The Bertz CT molecular complexity index is 787. The van der Waals surface area contributed by atoms with Crippen LogP contribution in [0, 0.1) is 10.1 Å². The zero-order valence-electron chi connectivity index (χ0n) is 11.9. The van der Waals surface area contributed by atoms with E-state index < -0.39 is 22.5 Å². The van der Waals surface area contributed by atoms with Crippen LogP contribution in [0.1, 0.15) is 20.7 Å². The fraction of sp³-hybridized carbons (Fsp3) is 0.0667. The van der Waals surface area contributed by atoms with E-state index in [1.165, 1.54) is 31.4 Å². The molecule has 2 aromatic carbocycles. The van der Waals surface area contributed by atoms with Crippen LogP contribution in [0.25, 0.3) is 0 Å². The molecule has 0 spiro atoms. The molecular weight excluding hydrogens is 304 g/mol. The zero-order chi connectivity index (χ0) is 17.0. The lowest BCUT2D eigenvalue weighted by atomic mass is 10.1. The summed E-state index contributed by atoms with van der Waals surface area (Å²) in [5.74, 6) is -2.05. The molecule has 0 aromatic heterocycles. The smallest absolute Gasteiger partial charge is 0.337 e. The Morgan fingerprint density at radius 1 is 1.13 bits per heavy atom. The minimum absolute atomic E-state index is 0.0852. The van der Waals surface area contributed by atoms with Gasteiger partial charge in [0.1, 0.15) is 5.69 Å². The zero-order valence-corrected chi connectivity index (χ0v) is 11.9. The van der Waals surface area contributed by atoms with Gasteiger partial charge in [-0.15, -0.1) is 0 Å². The van der Waals surface area contributed by atoms with E-state index in [0.717, 1.165) is 6.07 Å². The number of carbonyl (C=O) groups excluding carboxylic acids is 2. The fourth-order valence-electron chi connectivity index (χ4n) is 1.91. The quantitative estimate of drug-likeness (QED) is 0.504. The number of carboxylic acids is 1. The van der Waals surface area contributed by atoms with Crippen LogP contribution in [0.15, 0.2) is 42.5 Å². The summed E-state index contributed by atoms with van der Waals surface area (Å²) in [5.41, 5.74) is 0.0476. The van der Waals surface area contributed by atoms with Crippen molar-refractivity contribution in [1.29, 1.82) is 0 Å². The molecule has 23 heavy (non-hydrogen) atoms. The first-order chi connectivity index (χ1) is 10.9. The number of carboxylic acid groups (broad SMARTS) is 1. The standard InChI is InChI=1S/C15H12N2O6/c1-23-15(20)10-3-2-4-11(7-10)16-12-6-5-9(14(18)19)8-13(12)17(21)22/h2-8,16H,1H3,(H,18,19)/p-1. The summed E-state index contributed by atoms with van der Waals surface area (Å²) in [6, 6.07) is 9.52. The van der Waals surface area contributed by atoms with Gasteiger partial charge in [0, 0.05) is 17.3 Å². The van der Waals surface area contributed by atoms with E-state index in [4.69, 9.17) is 0 Å². The van der Waals surface area contributed by atoms with E-state index in [-0.39, 0.29) is 16.8 Å². The third kappa shape index (κ3) is 3.62. The average molecular weight is 315 g/mol. The van der Waals surface area contributed by atoms with Gasteiger partial charge in [-0.3, -0.25) is 10.1 Å². The van der Waals surface area contributed by atoms with Gasteiger partial charge < -0.3 is 20.0 Å². The van der Waals surface area contributed by atoms with Crippen molar-refractivity contribution in [3.05, 3.63) is 63.7 Å². The van der Waals surface area contributed by atoms with Gasteiger partial charge in [-0.1, -0.05) is 12.1 Å². The van der Waals surface area contributed by atoms with E-state index in [2.05, 4.69) is 10.1 Å². The summed E-state index contributed by atoms with van der Waals surface area (Å²) in [5, 5.41) is 24.7. The van der Waals surface area contributed by atoms with E-state index in [1.54, 1.807) is 12.1 Å². The number of nitro benzene ring substituents is 1. The highest BCUT2D eigenvalue weighted by atomic mass is 16.6. The summed E-state index contributed by atoms with van der Waals surface area (Å²) in [6.45, 7) is 0. The topological polar surface area (TPSA) is 122 Å². The van der Waals surface area contributed by atoms with Crippen LogP contribution in [-0.4, -0.2) is 24.0 Å². The van der Waals surface area contributed by atoms with Gasteiger partial charge in [0.05, 0.1) is 23.6 Å². The van der Waals surface area contributed by atoms with Gasteiger partial charge in [0.2, 0.25) is 0 Å². The number of rotatable bonds is 5. The van der Waals surface area contributed by atoms with Crippen LogP contribution in [0.5, 0.6) is 0 Å². The third-order valence-electron chi connectivity index (χ3n) is 2.99. The normalized spacial score (nSPS) is 9.96. The molecule has 0 unspecified atom stereocenters. The lowest BCUT2D eigenvalue weighted by Gasteiger charge is -2.10. The number of esters is 1. The van der Waals surface area contributed by atoms with Crippen LogP contribution in [0.3, 0.4) is 0 Å². The third-order valence-corrected chi connectivity index (χ3v) is 2.99. The second kappa shape index (κ2) is 6.56. The first-order valence-electron chi connectivity index (χ1n) is 6.37. The predicted molar refractivity (Wildman–Crippen MR) is 78.5 cm³/mol. The van der Waals surface area contributed by atoms with Crippen LogP contribution in [0.2, 0.25) is 0 Å². The summed E-state index contributed by atoms with van der Waals surface area (Å²) < 4.78 is 4.60. The Kier molecular flexibility index (Phi) is 4.55. The molecule has 0 fully saturated rings. The van der Waals surface area contributed by atoms with E-state index in [1.807, 2.05) is 0 Å². The lowest BCUT2D eigenvalue weighted by molar-refractivity contribution is -0.384. The number of methoxy groups -OCH3 is 1. The van der Waals surface area contributed by atoms with E-state index in [9.17, 15) is 24.8 Å². The Morgan fingerprint density at radius 2 is 1.87 bits per heavy atom. The van der Waals surface area contributed by atoms with Gasteiger partial charge >= 0.3 is 5.97 Å². The number of nitro groups is 1. The number of nitrogens with zero attached hydrogens (tertiary/aromatic N) is 1. The molecule has 0 saturated heterocycles. The highest BCUT2D eigenvalue weighted by Crippen LogP contribution is 2.29. The molecule has 2 aromatic rings. The molecule has 8 nitrogen and oxygen atoms in total. The average Bonchev–Trinajstić information content (AvgIpc) is 2.54. The Hall–Kier alpha value is -3.42. The number of hydrogen-bond donors (Lipinski definition) is 1. The number of ether oxygens (including phenoxy) is 1. The molecular formula is C15H11N2O6-. The van der Waals surface area contributed by atoms with Crippen LogP contribution in [0.4, 0.5) is 17.1 Å². The van der Waals surface area contributed by atoms with E-state index in [0.29, 0.717) is 5.69 Å². The largest absolute Gasteiger partial charge is 0.545 e. The predicted octanol–water partition coefficient (Wildman–Crippen LogP) is 1.49. The summed E-state index contributed by atoms with van der Waals surface area (Å²) in [4.78, 5) is 32.7. The number of aromatic carboxylic acids is 1. The maximum atomic E-state index is 11.5. The van der Waals surface area contributed by atoms with Crippen molar-refractivity contribution >= 4 is 29.0 Å². The molecule has 0 atom stereocenters. The highest BCUT2D eigenvalue weighted by Gasteiger charge is 2.16. The first-order valence-corrected chi connectivity index (χ1v) is 6.37. The second-order valence-electron chi connectivity index (χ2n) is 4.47. The van der Waals surface area contributed by atoms with Gasteiger partial charge in [-0.2, -0.15) is 0 Å². The summed E-state index contributed by atoms with van der Waals surface area (Å²) >= 11 is 0. The van der Waals surface area contributed by atoms with Gasteiger partial charge in [-0.25, -0.2) is 4.79 Å². The van der Waals surface area contributed by atoms with Crippen LogP contribution >= 0.6 is 0 Å². The molecule has 0 saturated carbocycles. The number of carbonyl (C=O) groups is 2. The molecule has 0 radical (unpaired) electrons. The number of anilines is 2. The van der Waals surface area contributed by atoms with Crippen molar-refractivity contribution in [2.75, 3.05) is 12.4 Å². The van der Waals surface area contributed by atoms with Gasteiger partial charge in [0.15, 0.2) is 0 Å². The lowest BCUT2D eigenvalue weighted by Crippen LogP contribution is -2.22. The SMILES string of the molecule is COC(=O)c1cccc(Nc2ccc(C(=O)[O-])cc2[N+](=O)[O-])c1. The Morgan fingerprint density at radius 3 is 2.48 bits per heavy atom. The van der Waals surface area contributed by atoms with Crippen molar-refractivity contribution in [2.24, 2.45) is 0 Å². The second-order valence-corrected chi connectivity index (χ2v) is 4.47. The minimum Gasteiger partial charge on any atom is -0.545 e. The Labute approximate surface area is 130 Å². The maximum Gasteiger partial charge on any atom is 0.337 e. The van der Waals surface area contributed by atoms with Crippen LogP contribution < -0.4 is 10.4 Å². The monoisotopic (exact) mass is 315 g/mol. The van der Waals surface area contributed by atoms with Crippen molar-refractivity contribution < 1.29 is 24.4 Å². The Balaban J connectivity index is 2.38. The molecule has 118 valence electrons. The van der Waals surface area contributed by atoms with E-state index >= 15 is 0 Å². The maximum absolute atomic E-state index is 11.5. The van der Waals surface area contributed by atoms with Gasteiger partial charge in [-0.05, 0) is 24.3 Å². The van der Waals surface area contributed by atoms with Crippen molar-refractivity contribution in [2.45, 2.75) is 0 Å². The molecule has 2 rings (SSSR count). The highest BCUT2D eigenvalue weighted by molar-refractivity contribution is 5.91. The number of benzene rings is 2. The number of hydrogen-bond acceptors (Lipinski definition) is 7. The summed E-state index contributed by atoms with van der Waals surface area (Å²) in [7, 11) is 1.24. The molecule has 0 amide bonds. The van der Waals surface area contributed by atoms with Crippen molar-refractivity contribution in [3.8, 4) is 0 Å². The fourth-order valence-corrected chi connectivity index (χ4v) is 1.91. The molecule has 0 aliphatic rings. The number of nitrogens with one attached hydrogen (secondary N) is 1. The molecule has 1 N–H and O–H groups in total. The minimum atomic E-state index is -1.51. The summed E-state index contributed by atoms with van der Waals surface area (Å²) in [6.07, 6.45) is 0. The molecule has 8 heteroatoms. The van der Waals surface area contributed by atoms with Crippen molar-refractivity contribution in [3.63, 3.8) is 0 Å². The molecule has 0 aliphatic heterocycles.